The van der Waals surface area contributed by atoms with Gasteiger partial charge in [0, 0.05) is 24.0 Å². The highest BCUT2D eigenvalue weighted by Crippen LogP contribution is 2.21. The first-order valence-electron chi connectivity index (χ1n) is 8.97. The number of amides is 1. The number of rotatable bonds is 5. The number of aromatic nitrogens is 2. The van der Waals surface area contributed by atoms with Crippen LogP contribution >= 0.6 is 0 Å². The van der Waals surface area contributed by atoms with Gasteiger partial charge in [0.15, 0.2) is 5.82 Å². The number of hydrogen-bond donors (Lipinski definition) is 1. The molecule has 1 atom stereocenters. The zero-order valence-corrected chi connectivity index (χ0v) is 14.8. The molecule has 2 aromatic heterocycles. The summed E-state index contributed by atoms with van der Waals surface area (Å²) < 4.78 is 10.8. The molecule has 0 radical (unpaired) electrons. The Bertz CT molecular complexity index is 901. The third-order valence-corrected chi connectivity index (χ3v) is 4.78. The number of fused-ring (bicyclic) bond motifs is 1. The molecule has 1 aromatic carbocycles. The van der Waals surface area contributed by atoms with E-state index in [1.165, 1.54) is 0 Å². The number of likely N-dealkylation sites (tertiary alicyclic amines) is 1. The predicted octanol–water partition coefficient (Wildman–Crippen LogP) is 2.80. The molecule has 26 heavy (non-hydrogen) atoms. The molecular formula is C19H22N4O3. The fourth-order valence-corrected chi connectivity index (χ4v) is 3.45. The van der Waals surface area contributed by atoms with Crippen LogP contribution in [0, 0.1) is 6.92 Å². The van der Waals surface area contributed by atoms with Gasteiger partial charge < -0.3 is 19.2 Å². The molecule has 0 spiro atoms. The van der Waals surface area contributed by atoms with Gasteiger partial charge in [-0.3, -0.25) is 4.79 Å². The Morgan fingerprint density at radius 3 is 3.08 bits per heavy atom. The highest BCUT2D eigenvalue weighted by atomic mass is 16.5. The number of hydrogen-bond acceptors (Lipinski definition) is 6. The highest BCUT2D eigenvalue weighted by molar-refractivity contribution is 5.82. The van der Waals surface area contributed by atoms with Crippen molar-refractivity contribution in [2.45, 2.75) is 45.3 Å². The number of nitrogens with zero attached hydrogens (tertiary/aromatic N) is 3. The maximum absolute atomic E-state index is 12.9. The van der Waals surface area contributed by atoms with E-state index in [1.807, 2.05) is 29.2 Å². The number of para-hydroxylation sites is 1. The SMILES string of the molecule is Cc1noc(CN2CCCCC(NCc3cccc4ccoc34)C2=O)n1. The molecule has 4 rings (SSSR count). The first-order valence-corrected chi connectivity index (χ1v) is 8.97. The minimum Gasteiger partial charge on any atom is -0.464 e. The van der Waals surface area contributed by atoms with E-state index in [4.69, 9.17) is 8.94 Å². The second kappa shape index (κ2) is 7.29. The van der Waals surface area contributed by atoms with Crippen molar-refractivity contribution >= 4 is 16.9 Å². The summed E-state index contributed by atoms with van der Waals surface area (Å²) >= 11 is 0. The Hall–Kier alpha value is -2.67. The second-order valence-electron chi connectivity index (χ2n) is 6.68. The van der Waals surface area contributed by atoms with E-state index in [9.17, 15) is 4.79 Å². The Morgan fingerprint density at radius 1 is 1.31 bits per heavy atom. The summed E-state index contributed by atoms with van der Waals surface area (Å²) in [5.41, 5.74) is 1.93. The Morgan fingerprint density at radius 2 is 2.23 bits per heavy atom. The van der Waals surface area contributed by atoms with Crippen molar-refractivity contribution in [3.05, 3.63) is 47.8 Å². The van der Waals surface area contributed by atoms with Gasteiger partial charge in [-0.1, -0.05) is 23.4 Å². The van der Waals surface area contributed by atoms with Gasteiger partial charge in [-0.05, 0) is 32.3 Å². The molecule has 1 fully saturated rings. The van der Waals surface area contributed by atoms with Crippen LogP contribution in [0.4, 0.5) is 0 Å². The molecule has 1 amide bonds. The summed E-state index contributed by atoms with van der Waals surface area (Å²) in [5.74, 6) is 1.16. The van der Waals surface area contributed by atoms with Gasteiger partial charge in [-0.2, -0.15) is 4.98 Å². The summed E-state index contributed by atoms with van der Waals surface area (Å²) in [4.78, 5) is 19.0. The number of nitrogens with one attached hydrogen (secondary N) is 1. The minimum atomic E-state index is -0.216. The van der Waals surface area contributed by atoms with Crippen molar-refractivity contribution in [3.63, 3.8) is 0 Å². The van der Waals surface area contributed by atoms with Gasteiger partial charge in [0.1, 0.15) is 12.1 Å². The van der Waals surface area contributed by atoms with Gasteiger partial charge >= 0.3 is 0 Å². The van der Waals surface area contributed by atoms with Crippen LogP contribution in [0.15, 0.2) is 39.5 Å². The molecule has 0 aliphatic carbocycles. The highest BCUT2D eigenvalue weighted by Gasteiger charge is 2.28. The summed E-state index contributed by atoms with van der Waals surface area (Å²) in [6, 6.07) is 7.79. The van der Waals surface area contributed by atoms with Gasteiger partial charge in [0.05, 0.1) is 12.3 Å². The molecule has 1 N–H and O–H groups in total. The van der Waals surface area contributed by atoms with E-state index in [0.29, 0.717) is 31.3 Å². The Labute approximate surface area is 151 Å². The topological polar surface area (TPSA) is 84.4 Å². The van der Waals surface area contributed by atoms with Gasteiger partial charge in [-0.25, -0.2) is 0 Å². The zero-order chi connectivity index (χ0) is 17.9. The van der Waals surface area contributed by atoms with Crippen molar-refractivity contribution < 1.29 is 13.7 Å². The van der Waals surface area contributed by atoms with E-state index in [-0.39, 0.29) is 11.9 Å². The van der Waals surface area contributed by atoms with E-state index >= 15 is 0 Å². The predicted molar refractivity (Wildman–Crippen MR) is 95.1 cm³/mol. The molecule has 7 nitrogen and oxygen atoms in total. The lowest BCUT2D eigenvalue weighted by atomic mass is 10.1. The fourth-order valence-electron chi connectivity index (χ4n) is 3.45. The number of aryl methyl sites for hydroxylation is 1. The molecule has 1 aliphatic heterocycles. The van der Waals surface area contributed by atoms with E-state index < -0.39 is 0 Å². The fraction of sp³-hybridized carbons (Fsp3) is 0.421. The minimum absolute atomic E-state index is 0.0879. The number of benzene rings is 1. The molecule has 1 unspecified atom stereocenters. The second-order valence-corrected chi connectivity index (χ2v) is 6.68. The maximum Gasteiger partial charge on any atom is 0.246 e. The van der Waals surface area contributed by atoms with Crippen LogP contribution in [-0.2, 0) is 17.9 Å². The van der Waals surface area contributed by atoms with Gasteiger partial charge in [-0.15, -0.1) is 0 Å². The smallest absolute Gasteiger partial charge is 0.246 e. The van der Waals surface area contributed by atoms with Crippen molar-refractivity contribution in [1.29, 1.82) is 0 Å². The normalized spacial score (nSPS) is 18.4. The van der Waals surface area contributed by atoms with Crippen molar-refractivity contribution in [3.8, 4) is 0 Å². The average Bonchev–Trinajstić information content (AvgIpc) is 3.24. The van der Waals surface area contributed by atoms with Gasteiger partial charge in [0.25, 0.3) is 0 Å². The van der Waals surface area contributed by atoms with E-state index in [2.05, 4.69) is 15.5 Å². The van der Waals surface area contributed by atoms with Crippen LogP contribution in [0.25, 0.3) is 11.0 Å². The third kappa shape index (κ3) is 3.48. The first kappa shape index (κ1) is 16.8. The monoisotopic (exact) mass is 354 g/mol. The molecule has 0 bridgehead atoms. The molecule has 3 heterocycles. The quantitative estimate of drug-likeness (QED) is 0.758. The van der Waals surface area contributed by atoms with Crippen LogP contribution in [0.1, 0.15) is 36.5 Å². The number of carbonyl (C=O) groups is 1. The summed E-state index contributed by atoms with van der Waals surface area (Å²) in [6.07, 6.45) is 4.50. The lowest BCUT2D eigenvalue weighted by Crippen LogP contribution is -2.44. The summed E-state index contributed by atoms with van der Waals surface area (Å²) in [5, 5.41) is 8.29. The van der Waals surface area contributed by atoms with Crippen LogP contribution in [0.3, 0.4) is 0 Å². The number of carbonyl (C=O) groups excluding carboxylic acids is 1. The molecule has 1 aliphatic rings. The van der Waals surface area contributed by atoms with Crippen LogP contribution in [0.2, 0.25) is 0 Å². The van der Waals surface area contributed by atoms with Crippen molar-refractivity contribution in [2.24, 2.45) is 0 Å². The van der Waals surface area contributed by atoms with Crippen LogP contribution in [0.5, 0.6) is 0 Å². The lowest BCUT2D eigenvalue weighted by Gasteiger charge is -2.23. The Balaban J connectivity index is 1.45. The van der Waals surface area contributed by atoms with Crippen molar-refractivity contribution in [2.75, 3.05) is 6.54 Å². The third-order valence-electron chi connectivity index (χ3n) is 4.78. The van der Waals surface area contributed by atoms with E-state index in [1.54, 1.807) is 13.2 Å². The van der Waals surface area contributed by atoms with E-state index in [0.717, 1.165) is 35.8 Å². The molecule has 0 saturated carbocycles. The number of furan rings is 1. The lowest BCUT2D eigenvalue weighted by molar-refractivity contribution is -0.133. The molecule has 1 saturated heterocycles. The summed E-state index contributed by atoms with van der Waals surface area (Å²) in [6.45, 7) is 3.45. The average molecular weight is 354 g/mol. The largest absolute Gasteiger partial charge is 0.464 e. The summed E-state index contributed by atoms with van der Waals surface area (Å²) in [7, 11) is 0. The molecular weight excluding hydrogens is 332 g/mol. The Kier molecular flexibility index (Phi) is 4.71. The molecule has 7 heteroatoms. The van der Waals surface area contributed by atoms with Crippen LogP contribution < -0.4 is 5.32 Å². The molecule has 136 valence electrons. The van der Waals surface area contributed by atoms with Crippen LogP contribution in [-0.4, -0.2) is 33.5 Å². The molecule has 3 aromatic rings. The van der Waals surface area contributed by atoms with Crippen molar-refractivity contribution in [1.82, 2.24) is 20.4 Å². The zero-order valence-electron chi connectivity index (χ0n) is 14.8. The van der Waals surface area contributed by atoms with Gasteiger partial charge in [0.2, 0.25) is 11.8 Å². The standard InChI is InChI=1S/C19H22N4O3/c1-13-21-17(26-22-13)12-23-9-3-2-7-16(19(23)24)20-11-15-6-4-5-14-8-10-25-18(14)15/h4-6,8,10,16,20H,2-3,7,9,11-12H2,1H3. The first-order chi connectivity index (χ1) is 12.7. The maximum atomic E-state index is 12.9.